The quantitative estimate of drug-likeness (QED) is 0.651. The van der Waals surface area contributed by atoms with Gasteiger partial charge in [-0.3, -0.25) is 14.7 Å². The van der Waals surface area contributed by atoms with Crippen molar-refractivity contribution in [2.24, 2.45) is 10.7 Å². The van der Waals surface area contributed by atoms with Gasteiger partial charge in [0.1, 0.15) is 17.2 Å². The van der Waals surface area contributed by atoms with Crippen molar-refractivity contribution >= 4 is 11.9 Å². The molecule has 1 aromatic heterocycles. The zero-order valence-corrected chi connectivity index (χ0v) is 18.7. The molecule has 0 bridgehead atoms. The number of nitriles is 1. The molecule has 0 fully saturated rings. The number of likely N-dealkylation sites (N-methyl/N-ethyl adjacent to an activating group) is 1. The van der Waals surface area contributed by atoms with Crippen molar-refractivity contribution < 1.29 is 13.9 Å². The molecule has 2 N–H and O–H groups in total. The molecule has 170 valence electrons. The van der Waals surface area contributed by atoms with Gasteiger partial charge in [0, 0.05) is 31.0 Å². The third kappa shape index (κ3) is 3.46. The number of aromatic nitrogens is 1. The Morgan fingerprint density at radius 1 is 1.24 bits per heavy atom. The summed E-state index contributed by atoms with van der Waals surface area (Å²) in [5.74, 6) is 0.00771. The number of guanidine groups is 1. The summed E-state index contributed by atoms with van der Waals surface area (Å²) in [6.45, 7) is 1.91. The van der Waals surface area contributed by atoms with E-state index in [-0.39, 0.29) is 24.1 Å². The fourth-order valence-corrected chi connectivity index (χ4v) is 4.81. The summed E-state index contributed by atoms with van der Waals surface area (Å²) in [4.78, 5) is 24.1. The van der Waals surface area contributed by atoms with Crippen LogP contribution >= 0.6 is 0 Å². The van der Waals surface area contributed by atoms with Gasteiger partial charge in [-0.05, 0) is 42.8 Å². The van der Waals surface area contributed by atoms with E-state index in [0.29, 0.717) is 29.0 Å². The lowest BCUT2D eigenvalue weighted by Gasteiger charge is -2.43. The molecule has 0 radical (unpaired) electrons. The summed E-state index contributed by atoms with van der Waals surface area (Å²) in [5.41, 5.74) is 7.30. The molecule has 3 heterocycles. The van der Waals surface area contributed by atoms with Crippen molar-refractivity contribution in [1.82, 2.24) is 9.88 Å². The molecule has 8 heteroatoms. The average Bonchev–Trinajstić information content (AvgIpc) is 3.04. The Morgan fingerprint density at radius 2 is 2.00 bits per heavy atom. The maximum Gasteiger partial charge on any atom is 0.261 e. The molecule has 0 saturated heterocycles. The summed E-state index contributed by atoms with van der Waals surface area (Å²) >= 11 is 0. The molecule has 2 aliphatic heterocycles. The smallest absolute Gasteiger partial charge is 0.261 e. The topological polar surface area (TPSA) is 105 Å². The molecule has 2 aromatic carbocycles. The van der Waals surface area contributed by atoms with Crippen LogP contribution in [0.4, 0.5) is 4.39 Å². The van der Waals surface area contributed by atoms with Crippen molar-refractivity contribution in [2.75, 3.05) is 7.05 Å². The monoisotopic (exact) mass is 455 g/mol. The third-order valence-electron chi connectivity index (χ3n) is 6.39. The Bertz CT molecular complexity index is 1380. The van der Waals surface area contributed by atoms with Gasteiger partial charge in [0.05, 0.1) is 23.5 Å². The number of rotatable bonds is 3. The van der Waals surface area contributed by atoms with Gasteiger partial charge < -0.3 is 10.5 Å². The summed E-state index contributed by atoms with van der Waals surface area (Å²) in [6.07, 6.45) is 2.27. The van der Waals surface area contributed by atoms with Gasteiger partial charge in [0.2, 0.25) is 0 Å². The van der Waals surface area contributed by atoms with E-state index in [9.17, 15) is 14.4 Å². The lowest BCUT2D eigenvalue weighted by Crippen LogP contribution is -2.51. The van der Waals surface area contributed by atoms with Crippen LogP contribution in [0.25, 0.3) is 11.3 Å². The summed E-state index contributed by atoms with van der Waals surface area (Å²) < 4.78 is 19.8. The van der Waals surface area contributed by atoms with Gasteiger partial charge in [0.15, 0.2) is 11.5 Å². The van der Waals surface area contributed by atoms with Gasteiger partial charge in [-0.2, -0.15) is 5.26 Å². The molecule has 2 atom stereocenters. The molecule has 7 nitrogen and oxygen atoms in total. The second kappa shape index (κ2) is 7.66. The van der Waals surface area contributed by atoms with Gasteiger partial charge in [-0.15, -0.1) is 0 Å². The molecule has 34 heavy (non-hydrogen) atoms. The largest absolute Gasteiger partial charge is 0.485 e. The van der Waals surface area contributed by atoms with Gasteiger partial charge in [-0.1, -0.05) is 24.3 Å². The van der Waals surface area contributed by atoms with E-state index in [4.69, 9.17) is 10.5 Å². The van der Waals surface area contributed by atoms with Crippen LogP contribution in [0.5, 0.6) is 5.75 Å². The number of hydrogen-bond acceptors (Lipinski definition) is 6. The zero-order chi connectivity index (χ0) is 24.1. The Hall–Kier alpha value is -4.25. The first-order valence-corrected chi connectivity index (χ1v) is 10.8. The van der Waals surface area contributed by atoms with Crippen molar-refractivity contribution in [2.45, 2.75) is 30.9 Å². The highest BCUT2D eigenvalue weighted by atomic mass is 19.1. The maximum absolute atomic E-state index is 13.6. The predicted molar refractivity (Wildman–Crippen MR) is 124 cm³/mol. The van der Waals surface area contributed by atoms with E-state index >= 15 is 0 Å². The lowest BCUT2D eigenvalue weighted by molar-refractivity contribution is -0.133. The van der Waals surface area contributed by atoms with Crippen LogP contribution in [0.2, 0.25) is 0 Å². The van der Waals surface area contributed by atoms with Crippen LogP contribution in [-0.2, 0) is 16.8 Å². The standard InChI is InChI=1S/C26H22FN5O2/c1-25(12-16-6-8-19(27)9-7-16)15-26(23(33)32(2)24(29)31-26)20-11-21(30-14-22(20)34-25)18-5-3-4-17(10-18)13-28/h3-11,14H,12,15H2,1-2H3,(H2,29,31)/t25-,26?/m1/s1. The maximum atomic E-state index is 13.6. The molecule has 0 aliphatic carbocycles. The minimum Gasteiger partial charge on any atom is -0.485 e. The lowest BCUT2D eigenvalue weighted by atomic mass is 9.75. The van der Waals surface area contributed by atoms with Crippen LogP contribution in [0.3, 0.4) is 0 Å². The molecular weight excluding hydrogens is 433 g/mol. The Kier molecular flexibility index (Phi) is 4.87. The van der Waals surface area contributed by atoms with E-state index in [1.54, 1.807) is 49.6 Å². The second-order valence-corrected chi connectivity index (χ2v) is 8.98. The van der Waals surface area contributed by atoms with E-state index in [2.05, 4.69) is 16.0 Å². The van der Waals surface area contributed by atoms with Crippen molar-refractivity contribution in [3.63, 3.8) is 0 Å². The molecule has 2 aliphatic rings. The molecule has 0 saturated carbocycles. The fraction of sp³-hybridized carbons (Fsp3) is 0.231. The number of carbonyl (C=O) groups is 1. The Morgan fingerprint density at radius 3 is 2.68 bits per heavy atom. The number of hydrogen-bond donors (Lipinski definition) is 1. The number of fused-ring (bicyclic) bond motifs is 2. The number of benzene rings is 2. The molecule has 3 aromatic rings. The first kappa shape index (κ1) is 21.6. The zero-order valence-electron chi connectivity index (χ0n) is 18.7. The number of amides is 1. The highest BCUT2D eigenvalue weighted by molar-refractivity contribution is 6.07. The molecule has 1 spiro atoms. The molecule has 5 rings (SSSR count). The average molecular weight is 455 g/mol. The number of pyridine rings is 1. The van der Waals surface area contributed by atoms with Crippen LogP contribution in [0.15, 0.2) is 65.8 Å². The van der Waals surface area contributed by atoms with Crippen LogP contribution in [0, 0.1) is 17.1 Å². The fourth-order valence-electron chi connectivity index (χ4n) is 4.81. The normalized spacial score (nSPS) is 23.3. The number of nitrogens with two attached hydrogens (primary N) is 1. The van der Waals surface area contributed by atoms with Crippen LogP contribution in [0.1, 0.15) is 30.0 Å². The Labute approximate surface area is 196 Å². The second-order valence-electron chi connectivity index (χ2n) is 8.98. The van der Waals surface area contributed by atoms with Crippen LogP contribution < -0.4 is 10.5 Å². The van der Waals surface area contributed by atoms with Crippen molar-refractivity contribution in [3.8, 4) is 23.1 Å². The van der Waals surface area contributed by atoms with Crippen LogP contribution in [-0.4, -0.2) is 34.4 Å². The SMILES string of the molecule is CN1C(=O)C2(C[C@@](C)(Cc3ccc(F)cc3)Oc3cnc(-c4cccc(C#N)c4)cc32)N=C1N. The molecular formula is C26H22FN5O2. The highest BCUT2D eigenvalue weighted by Gasteiger charge is 2.56. The molecule has 1 amide bonds. The summed E-state index contributed by atoms with van der Waals surface area (Å²) in [6, 6.07) is 17.2. The number of halogens is 1. The first-order valence-electron chi connectivity index (χ1n) is 10.8. The summed E-state index contributed by atoms with van der Waals surface area (Å²) in [7, 11) is 1.60. The van der Waals surface area contributed by atoms with E-state index in [1.807, 2.05) is 13.0 Å². The van der Waals surface area contributed by atoms with E-state index in [0.717, 1.165) is 11.1 Å². The molecule has 1 unspecified atom stereocenters. The number of carbonyl (C=O) groups excluding carboxylic acids is 1. The van der Waals surface area contributed by atoms with Gasteiger partial charge >= 0.3 is 0 Å². The van der Waals surface area contributed by atoms with E-state index in [1.165, 1.54) is 17.0 Å². The third-order valence-corrected chi connectivity index (χ3v) is 6.39. The van der Waals surface area contributed by atoms with Crippen molar-refractivity contribution in [1.29, 1.82) is 5.26 Å². The Balaban J connectivity index is 1.63. The van der Waals surface area contributed by atoms with Gasteiger partial charge in [-0.25, -0.2) is 9.38 Å². The number of nitrogens with zero attached hydrogens (tertiary/aromatic N) is 4. The predicted octanol–water partition coefficient (Wildman–Crippen LogP) is 3.53. The first-order chi connectivity index (χ1) is 16.2. The van der Waals surface area contributed by atoms with Gasteiger partial charge in [0.25, 0.3) is 5.91 Å². The number of ether oxygens (including phenoxy) is 1. The highest BCUT2D eigenvalue weighted by Crippen LogP contribution is 2.50. The minimum atomic E-state index is -1.27. The van der Waals surface area contributed by atoms with E-state index < -0.39 is 11.1 Å². The number of aliphatic imine (C=N–C) groups is 1. The minimum absolute atomic E-state index is 0.131. The van der Waals surface area contributed by atoms with Crippen molar-refractivity contribution in [3.05, 3.63) is 83.3 Å². The summed E-state index contributed by atoms with van der Waals surface area (Å²) in [5, 5.41) is 9.26.